The number of carbonyl (C=O) groups is 1. The van der Waals surface area contributed by atoms with E-state index in [-0.39, 0.29) is 5.78 Å². The van der Waals surface area contributed by atoms with Gasteiger partial charge in [-0.05, 0) is 40.4 Å². The summed E-state index contributed by atoms with van der Waals surface area (Å²) in [6.45, 7) is 0. The summed E-state index contributed by atoms with van der Waals surface area (Å²) >= 11 is 3.55. The lowest BCUT2D eigenvalue weighted by molar-refractivity contribution is 0.103. The number of allylic oxidation sites excluding steroid dienone is 4. The highest BCUT2D eigenvalue weighted by molar-refractivity contribution is 9.11. The number of rotatable bonds is 0. The molecule has 2 nitrogen and oxygen atoms in total. The molecule has 0 unspecified atom stereocenters. The van der Waals surface area contributed by atoms with Crippen molar-refractivity contribution >= 4 is 38.1 Å². The van der Waals surface area contributed by atoms with Gasteiger partial charge >= 0.3 is 0 Å². The van der Waals surface area contributed by atoms with Crippen molar-refractivity contribution < 1.29 is 4.79 Å². The fourth-order valence-corrected chi connectivity index (χ4v) is 3.68. The Kier molecular flexibility index (Phi) is 2.63. The molecule has 21 heavy (non-hydrogen) atoms. The molecular weight excluding hydrogens is 326 g/mol. The molecule has 2 aliphatic carbocycles. The molecule has 2 aliphatic rings. The molecule has 2 aromatic rings. The fraction of sp³-hybridized carbons (Fsp3) is 0.111. The zero-order valence-corrected chi connectivity index (χ0v) is 12.7. The van der Waals surface area contributed by atoms with E-state index in [9.17, 15) is 10.1 Å². The second-order valence-electron chi connectivity index (χ2n) is 5.32. The first-order chi connectivity index (χ1) is 10.2. The Morgan fingerprint density at radius 1 is 1.14 bits per heavy atom. The monoisotopic (exact) mass is 335 g/mol. The molecule has 0 atom stereocenters. The summed E-state index contributed by atoms with van der Waals surface area (Å²) in [5, 5.41) is 11.3. The molecule has 0 amide bonds. The highest BCUT2D eigenvalue weighted by Crippen LogP contribution is 2.45. The predicted octanol–water partition coefficient (Wildman–Crippen LogP) is 4.73. The third-order valence-electron chi connectivity index (χ3n) is 4.19. The van der Waals surface area contributed by atoms with Gasteiger partial charge in [0.05, 0.1) is 11.6 Å². The molecule has 0 heterocycles. The number of benzene rings is 2. The molecule has 0 saturated heterocycles. The maximum atomic E-state index is 12.6. The Morgan fingerprint density at radius 2 is 1.90 bits per heavy atom. The first kappa shape index (κ1) is 12.6. The third kappa shape index (κ3) is 1.66. The Balaban J connectivity index is 2.15. The topological polar surface area (TPSA) is 40.9 Å². The van der Waals surface area contributed by atoms with Crippen molar-refractivity contribution in [2.24, 2.45) is 0 Å². The highest BCUT2D eigenvalue weighted by Gasteiger charge is 2.32. The zero-order chi connectivity index (χ0) is 14.6. The lowest BCUT2D eigenvalue weighted by atomic mass is 9.92. The smallest absolute Gasteiger partial charge is 0.190 e. The van der Waals surface area contributed by atoms with E-state index < -0.39 is 0 Å². The van der Waals surface area contributed by atoms with Crippen LogP contribution in [-0.4, -0.2) is 5.78 Å². The summed E-state index contributed by atoms with van der Waals surface area (Å²) in [4.78, 5) is 12.6. The summed E-state index contributed by atoms with van der Waals surface area (Å²) in [6.07, 6.45) is 3.68. The number of nitrogens with zero attached hydrogens (tertiary/aromatic N) is 1. The molecule has 4 rings (SSSR count). The first-order valence-electron chi connectivity index (χ1n) is 6.81. The Labute approximate surface area is 130 Å². The van der Waals surface area contributed by atoms with Crippen molar-refractivity contribution in [2.75, 3.05) is 0 Å². The fourth-order valence-electron chi connectivity index (χ4n) is 3.25. The molecule has 0 N–H and O–H groups in total. The molecule has 0 fully saturated rings. The van der Waals surface area contributed by atoms with Gasteiger partial charge in [0.1, 0.15) is 0 Å². The van der Waals surface area contributed by atoms with Gasteiger partial charge in [-0.25, -0.2) is 0 Å². The molecule has 100 valence electrons. The normalized spacial score (nSPS) is 16.6. The lowest BCUT2D eigenvalue weighted by Gasteiger charge is -2.12. The number of fused-ring (bicyclic) bond motifs is 4. The number of carbonyl (C=O) groups excluding carboxylic acids is 1. The predicted molar refractivity (Wildman–Crippen MR) is 86.2 cm³/mol. The Hall–Kier alpha value is -2.18. The van der Waals surface area contributed by atoms with Gasteiger partial charge in [0.25, 0.3) is 0 Å². The maximum absolute atomic E-state index is 12.6. The van der Waals surface area contributed by atoms with Gasteiger partial charge in [-0.3, -0.25) is 4.79 Å². The van der Waals surface area contributed by atoms with Gasteiger partial charge < -0.3 is 0 Å². The SMILES string of the molecule is N#Cc1cc2c(c3ccccc13)C1=C(CCC(Br)=C1)C2=O. The van der Waals surface area contributed by atoms with E-state index in [1.807, 2.05) is 24.3 Å². The lowest BCUT2D eigenvalue weighted by Crippen LogP contribution is -2.01. The largest absolute Gasteiger partial charge is 0.289 e. The van der Waals surface area contributed by atoms with E-state index in [1.165, 1.54) is 0 Å². The molecule has 0 radical (unpaired) electrons. The second kappa shape index (κ2) is 4.41. The minimum atomic E-state index is 0.0819. The van der Waals surface area contributed by atoms with Crippen molar-refractivity contribution in [3.63, 3.8) is 0 Å². The van der Waals surface area contributed by atoms with E-state index >= 15 is 0 Å². The van der Waals surface area contributed by atoms with Gasteiger partial charge in [0, 0.05) is 22.1 Å². The van der Waals surface area contributed by atoms with Crippen molar-refractivity contribution in [3.05, 3.63) is 63.2 Å². The Bertz CT molecular complexity index is 928. The van der Waals surface area contributed by atoms with Crippen molar-refractivity contribution in [1.82, 2.24) is 0 Å². The second-order valence-corrected chi connectivity index (χ2v) is 6.34. The number of ketones is 1. The number of hydrogen-bond donors (Lipinski definition) is 0. The molecule has 2 aromatic carbocycles. The number of hydrogen-bond acceptors (Lipinski definition) is 2. The quantitative estimate of drug-likeness (QED) is 0.698. The van der Waals surface area contributed by atoms with Crippen molar-refractivity contribution in [2.45, 2.75) is 12.8 Å². The standard InChI is InChI=1S/C18H10BrNO/c19-11-5-6-14-15(8-11)17-13-4-2-1-3-12(13)10(9-20)7-16(17)18(14)21/h1-4,7-8H,5-6H2. The molecule has 0 spiro atoms. The van der Waals surface area contributed by atoms with E-state index in [0.717, 1.165) is 44.8 Å². The van der Waals surface area contributed by atoms with E-state index in [2.05, 4.69) is 28.1 Å². The van der Waals surface area contributed by atoms with Crippen LogP contribution in [0.5, 0.6) is 0 Å². The van der Waals surface area contributed by atoms with E-state index in [1.54, 1.807) is 6.07 Å². The van der Waals surface area contributed by atoms with Gasteiger partial charge in [0.2, 0.25) is 0 Å². The summed E-state index contributed by atoms with van der Waals surface area (Å²) < 4.78 is 1.12. The summed E-state index contributed by atoms with van der Waals surface area (Å²) in [5.41, 5.74) is 4.14. The average molecular weight is 336 g/mol. The van der Waals surface area contributed by atoms with Crippen molar-refractivity contribution in [3.8, 4) is 6.07 Å². The number of halogens is 1. The zero-order valence-electron chi connectivity index (χ0n) is 11.1. The number of Topliss-reactive ketones (excluding diaryl/α,β-unsaturated/α-hetero) is 1. The van der Waals surface area contributed by atoms with Gasteiger partial charge in [-0.1, -0.05) is 40.2 Å². The first-order valence-corrected chi connectivity index (χ1v) is 7.60. The van der Waals surface area contributed by atoms with E-state index in [4.69, 9.17) is 0 Å². The van der Waals surface area contributed by atoms with Crippen LogP contribution in [0.4, 0.5) is 0 Å². The van der Waals surface area contributed by atoms with E-state index in [0.29, 0.717) is 11.1 Å². The van der Waals surface area contributed by atoms with Gasteiger partial charge in [-0.2, -0.15) is 5.26 Å². The van der Waals surface area contributed by atoms with Crippen LogP contribution >= 0.6 is 15.9 Å². The van der Waals surface area contributed by atoms with Crippen molar-refractivity contribution in [1.29, 1.82) is 5.26 Å². The highest BCUT2D eigenvalue weighted by atomic mass is 79.9. The van der Waals surface area contributed by atoms with Crippen LogP contribution < -0.4 is 0 Å². The minimum Gasteiger partial charge on any atom is -0.289 e. The van der Waals surface area contributed by atoms with Crippen LogP contribution in [0.3, 0.4) is 0 Å². The Morgan fingerprint density at radius 3 is 2.67 bits per heavy atom. The molecule has 0 aromatic heterocycles. The summed E-state index contributed by atoms with van der Waals surface area (Å²) in [5.74, 6) is 0.0819. The molecule has 0 bridgehead atoms. The van der Waals surface area contributed by atoms with Crippen LogP contribution in [0, 0.1) is 11.3 Å². The molecule has 3 heteroatoms. The van der Waals surface area contributed by atoms with Crippen LogP contribution in [0.15, 0.2) is 46.5 Å². The number of nitriles is 1. The summed E-state index contributed by atoms with van der Waals surface area (Å²) in [6, 6.07) is 11.8. The average Bonchev–Trinajstić information content (AvgIpc) is 2.79. The van der Waals surface area contributed by atoms with Gasteiger partial charge in [0.15, 0.2) is 5.78 Å². The third-order valence-corrected chi connectivity index (χ3v) is 4.82. The summed E-state index contributed by atoms with van der Waals surface area (Å²) in [7, 11) is 0. The van der Waals surface area contributed by atoms with Crippen LogP contribution in [-0.2, 0) is 0 Å². The molecular formula is C18H10BrNO. The maximum Gasteiger partial charge on any atom is 0.190 e. The minimum absolute atomic E-state index is 0.0819. The molecule has 0 saturated carbocycles. The van der Waals surface area contributed by atoms with Crippen LogP contribution in [0.25, 0.3) is 16.3 Å². The molecule has 0 aliphatic heterocycles. The van der Waals surface area contributed by atoms with Crippen LogP contribution in [0.1, 0.15) is 34.3 Å². The van der Waals surface area contributed by atoms with Crippen LogP contribution in [0.2, 0.25) is 0 Å². The van der Waals surface area contributed by atoms with Gasteiger partial charge in [-0.15, -0.1) is 0 Å².